The third-order valence-corrected chi connectivity index (χ3v) is 2.18. The van der Waals surface area contributed by atoms with Gasteiger partial charge in [-0.2, -0.15) is 5.26 Å². The number of hydrogen-bond acceptors (Lipinski definition) is 3. The van der Waals surface area contributed by atoms with Gasteiger partial charge in [-0.25, -0.2) is 8.78 Å². The molecule has 0 radical (unpaired) electrons. The van der Waals surface area contributed by atoms with Crippen molar-refractivity contribution in [2.75, 3.05) is 5.32 Å². The molecule has 0 saturated heterocycles. The lowest BCUT2D eigenvalue weighted by Crippen LogP contribution is -2.41. The van der Waals surface area contributed by atoms with Crippen LogP contribution in [0.2, 0.25) is 0 Å². The molecule has 6 heteroatoms. The molecule has 1 rings (SSSR count). The van der Waals surface area contributed by atoms with Gasteiger partial charge in [0.2, 0.25) is 0 Å². The van der Waals surface area contributed by atoms with E-state index in [0.717, 1.165) is 18.3 Å². The quantitative estimate of drug-likeness (QED) is 0.660. The summed E-state index contributed by atoms with van der Waals surface area (Å²) in [6.07, 6.45) is 0.975. The van der Waals surface area contributed by atoms with Crippen molar-refractivity contribution in [3.8, 4) is 6.07 Å². The number of rotatable bonds is 3. The number of hydrogen-bond donors (Lipinski definition) is 2. The lowest BCUT2D eigenvalue weighted by atomic mass is 10.1. The van der Waals surface area contributed by atoms with E-state index in [-0.39, 0.29) is 5.57 Å². The average Bonchev–Trinajstić information content (AvgIpc) is 2.30. The Morgan fingerprint density at radius 3 is 2.30 bits per heavy atom. The van der Waals surface area contributed by atoms with Crippen molar-refractivity contribution >= 4 is 11.6 Å². The van der Waals surface area contributed by atoms with Crippen LogP contribution in [-0.4, -0.2) is 11.4 Å². The molecule has 2 N–H and O–H groups in total. The summed E-state index contributed by atoms with van der Waals surface area (Å²) in [5.41, 5.74) is -1.21. The van der Waals surface area contributed by atoms with Crippen molar-refractivity contribution in [3.05, 3.63) is 41.6 Å². The molecule has 106 valence electrons. The van der Waals surface area contributed by atoms with Crippen molar-refractivity contribution in [1.29, 1.82) is 5.26 Å². The Kier molecular flexibility index (Phi) is 4.81. The normalized spacial score (nSPS) is 11.7. The van der Waals surface area contributed by atoms with Gasteiger partial charge in [-0.05, 0) is 32.9 Å². The highest BCUT2D eigenvalue weighted by atomic mass is 19.1. The minimum atomic E-state index is -0.810. The summed E-state index contributed by atoms with van der Waals surface area (Å²) in [7, 11) is 0. The number of carbonyl (C=O) groups excluding carboxylic acids is 1. The van der Waals surface area contributed by atoms with Gasteiger partial charge in [-0.15, -0.1) is 0 Å². The molecule has 1 aromatic rings. The molecule has 0 unspecified atom stereocenters. The smallest absolute Gasteiger partial charge is 0.263 e. The molecular weight excluding hydrogens is 264 g/mol. The van der Waals surface area contributed by atoms with Crippen molar-refractivity contribution < 1.29 is 13.6 Å². The molecule has 4 nitrogen and oxygen atoms in total. The Balaban J connectivity index is 2.92. The molecule has 1 amide bonds. The molecular formula is C14H15F2N3O. The maximum atomic E-state index is 13.4. The summed E-state index contributed by atoms with van der Waals surface area (Å²) in [5.74, 6) is -2.24. The second-order valence-corrected chi connectivity index (χ2v) is 5.11. The first-order valence-corrected chi connectivity index (χ1v) is 5.88. The van der Waals surface area contributed by atoms with Gasteiger partial charge in [-0.1, -0.05) is 6.07 Å². The van der Waals surface area contributed by atoms with E-state index in [9.17, 15) is 13.6 Å². The summed E-state index contributed by atoms with van der Waals surface area (Å²) in [6, 6.07) is 5.03. The van der Waals surface area contributed by atoms with Crippen molar-refractivity contribution in [2.24, 2.45) is 0 Å². The number of halogens is 2. The van der Waals surface area contributed by atoms with E-state index in [1.165, 1.54) is 6.07 Å². The van der Waals surface area contributed by atoms with Gasteiger partial charge in [-0.3, -0.25) is 4.79 Å². The van der Waals surface area contributed by atoms with Crippen LogP contribution in [0.5, 0.6) is 0 Å². The Morgan fingerprint density at radius 2 is 1.85 bits per heavy atom. The number of benzene rings is 1. The van der Waals surface area contributed by atoms with Crippen molar-refractivity contribution in [2.45, 2.75) is 26.3 Å². The van der Waals surface area contributed by atoms with Crippen LogP contribution in [0, 0.1) is 23.0 Å². The third-order valence-electron chi connectivity index (χ3n) is 2.18. The molecule has 20 heavy (non-hydrogen) atoms. The zero-order valence-electron chi connectivity index (χ0n) is 11.4. The molecule has 0 aliphatic heterocycles. The van der Waals surface area contributed by atoms with Crippen LogP contribution in [0.4, 0.5) is 14.5 Å². The number of para-hydroxylation sites is 1. The fraction of sp³-hybridized carbons (Fsp3) is 0.286. The summed E-state index contributed by atoms with van der Waals surface area (Å²) < 4.78 is 26.7. The van der Waals surface area contributed by atoms with Gasteiger partial charge in [0.15, 0.2) is 0 Å². The lowest BCUT2D eigenvalue weighted by Gasteiger charge is -2.20. The van der Waals surface area contributed by atoms with Gasteiger partial charge in [0.1, 0.15) is 29.0 Å². The Hall–Kier alpha value is -2.42. The molecule has 0 aromatic heterocycles. The van der Waals surface area contributed by atoms with E-state index in [0.29, 0.717) is 0 Å². The van der Waals surface area contributed by atoms with E-state index in [1.54, 1.807) is 26.8 Å². The summed E-state index contributed by atoms with van der Waals surface area (Å²) in [5, 5.41) is 13.8. The standard InChI is InChI=1S/C14H15F2N3O/c1-14(2,3)19-13(20)9(7-17)8-18-12-10(15)5-4-6-11(12)16/h4-6,8,18H,1-3H3,(H,19,20)/b9-8-. The van der Waals surface area contributed by atoms with E-state index in [1.807, 2.05) is 0 Å². The van der Waals surface area contributed by atoms with E-state index < -0.39 is 28.8 Å². The Labute approximate surface area is 116 Å². The monoisotopic (exact) mass is 279 g/mol. The van der Waals surface area contributed by atoms with Gasteiger partial charge < -0.3 is 10.6 Å². The number of nitrogens with one attached hydrogen (secondary N) is 2. The second-order valence-electron chi connectivity index (χ2n) is 5.11. The summed E-state index contributed by atoms with van der Waals surface area (Å²) in [4.78, 5) is 11.8. The van der Waals surface area contributed by atoms with Crippen LogP contribution < -0.4 is 10.6 Å². The van der Waals surface area contributed by atoms with Gasteiger partial charge >= 0.3 is 0 Å². The topological polar surface area (TPSA) is 64.9 Å². The van der Waals surface area contributed by atoms with Gasteiger partial charge in [0.25, 0.3) is 5.91 Å². The first-order valence-electron chi connectivity index (χ1n) is 5.88. The lowest BCUT2D eigenvalue weighted by molar-refractivity contribution is -0.118. The van der Waals surface area contributed by atoms with Crippen LogP contribution >= 0.6 is 0 Å². The molecule has 0 heterocycles. The van der Waals surface area contributed by atoms with E-state index >= 15 is 0 Å². The molecule has 0 bridgehead atoms. The Bertz CT molecular complexity index is 563. The minimum Gasteiger partial charge on any atom is -0.355 e. The average molecular weight is 279 g/mol. The fourth-order valence-electron chi connectivity index (χ4n) is 1.34. The second kappa shape index (κ2) is 6.15. The molecule has 0 aliphatic rings. The maximum absolute atomic E-state index is 13.4. The molecule has 0 atom stereocenters. The van der Waals surface area contributed by atoms with Crippen molar-refractivity contribution in [3.63, 3.8) is 0 Å². The van der Waals surface area contributed by atoms with Crippen molar-refractivity contribution in [1.82, 2.24) is 5.32 Å². The van der Waals surface area contributed by atoms with Gasteiger partial charge in [0.05, 0.1) is 0 Å². The van der Waals surface area contributed by atoms with E-state index in [4.69, 9.17) is 5.26 Å². The number of nitrogens with zero attached hydrogens (tertiary/aromatic N) is 1. The van der Waals surface area contributed by atoms with Crippen LogP contribution in [0.3, 0.4) is 0 Å². The van der Waals surface area contributed by atoms with Crippen LogP contribution in [0.1, 0.15) is 20.8 Å². The first-order chi connectivity index (χ1) is 9.24. The van der Waals surface area contributed by atoms with Crippen LogP contribution in [0.25, 0.3) is 0 Å². The minimum absolute atomic E-state index is 0.275. The number of anilines is 1. The molecule has 0 spiro atoms. The predicted molar refractivity (Wildman–Crippen MR) is 71.6 cm³/mol. The SMILES string of the molecule is CC(C)(C)NC(=O)/C(C#N)=C\Nc1c(F)cccc1F. The summed E-state index contributed by atoms with van der Waals surface area (Å²) >= 11 is 0. The highest BCUT2D eigenvalue weighted by molar-refractivity contribution is 5.97. The fourth-order valence-corrected chi connectivity index (χ4v) is 1.34. The number of carbonyl (C=O) groups is 1. The molecule has 1 aromatic carbocycles. The Morgan fingerprint density at radius 1 is 1.30 bits per heavy atom. The molecule has 0 fully saturated rings. The predicted octanol–water partition coefficient (Wildman–Crippen LogP) is 2.70. The molecule has 0 saturated carbocycles. The highest BCUT2D eigenvalue weighted by Crippen LogP contribution is 2.18. The first kappa shape index (κ1) is 15.6. The molecule has 0 aliphatic carbocycles. The van der Waals surface area contributed by atoms with Gasteiger partial charge in [0, 0.05) is 11.7 Å². The van der Waals surface area contributed by atoms with Crippen LogP contribution in [-0.2, 0) is 4.79 Å². The largest absolute Gasteiger partial charge is 0.355 e. The third kappa shape index (κ3) is 4.35. The summed E-state index contributed by atoms with van der Waals surface area (Å²) in [6.45, 7) is 5.26. The zero-order chi connectivity index (χ0) is 15.3. The zero-order valence-corrected chi connectivity index (χ0v) is 11.4. The maximum Gasteiger partial charge on any atom is 0.263 e. The van der Waals surface area contributed by atoms with E-state index in [2.05, 4.69) is 10.6 Å². The number of amides is 1. The van der Waals surface area contributed by atoms with Crippen LogP contribution in [0.15, 0.2) is 30.0 Å². The highest BCUT2D eigenvalue weighted by Gasteiger charge is 2.17. The number of nitriles is 1.